The summed E-state index contributed by atoms with van der Waals surface area (Å²) in [5.74, 6) is 3.11. The van der Waals surface area contributed by atoms with Crippen LogP contribution < -0.4 is 0 Å². The first-order chi connectivity index (χ1) is 16.4. The molecule has 0 radical (unpaired) electrons. The summed E-state index contributed by atoms with van der Waals surface area (Å²) in [5.41, 5.74) is 0.119. The zero-order chi connectivity index (χ0) is 23.9. The third-order valence-electron chi connectivity index (χ3n) is 7.79. The van der Waals surface area contributed by atoms with E-state index in [2.05, 4.69) is 22.0 Å². The Labute approximate surface area is 233 Å². The van der Waals surface area contributed by atoms with E-state index in [4.69, 9.17) is 48.9 Å². The Balaban J connectivity index is 1.03. The number of thioether (sulfide) groups is 2. The monoisotopic (exact) mass is 568 g/mol. The number of aliphatic hydroxyl groups is 1. The molecule has 3 unspecified atom stereocenters. The molecule has 0 aromatic rings. The normalized spacial score (nSPS) is 28.6. The number of unbranched alkanes of at least 4 members (excludes halogenated alkanes) is 1. The Kier molecular flexibility index (Phi) is 8.20. The summed E-state index contributed by atoms with van der Waals surface area (Å²) in [7, 11) is 0. The maximum absolute atomic E-state index is 10.6. The predicted molar refractivity (Wildman–Crippen MR) is 162 cm³/mol. The topological polar surface area (TPSA) is 26.7 Å². The van der Waals surface area contributed by atoms with Crippen LogP contribution in [0.15, 0.2) is 22.0 Å². The largest absolute Gasteiger partial charge is 0.393 e. The molecule has 0 amide bonds. The maximum atomic E-state index is 10.6. The van der Waals surface area contributed by atoms with Crippen LogP contribution in [0.2, 0.25) is 0 Å². The van der Waals surface area contributed by atoms with E-state index >= 15 is 0 Å². The fraction of sp³-hybridized carbons (Fsp3) is 0.680. The molecule has 184 valence electrons. The van der Waals surface area contributed by atoms with Gasteiger partial charge in [0.15, 0.2) is 0 Å². The SMILES string of the molecule is OC(CCCCN1C(=S)C=C2SCCC2C1=S)CCCC1(N2C(=S)C=C3SCCC3C2=S)CC1. The lowest BCUT2D eigenvalue weighted by atomic mass is 9.96. The second-order valence-electron chi connectivity index (χ2n) is 10.1. The molecule has 1 N–H and O–H groups in total. The molecule has 0 aromatic carbocycles. The summed E-state index contributed by atoms with van der Waals surface area (Å²) < 4.78 is 0. The zero-order valence-electron chi connectivity index (χ0n) is 19.4. The first-order valence-electron chi connectivity index (χ1n) is 12.5. The van der Waals surface area contributed by atoms with Crippen LogP contribution in [0.3, 0.4) is 0 Å². The Morgan fingerprint density at radius 1 is 0.882 bits per heavy atom. The number of nitrogens with zero attached hydrogens (tertiary/aromatic N) is 2. The number of rotatable bonds is 10. The van der Waals surface area contributed by atoms with E-state index in [0.717, 1.165) is 102 Å². The highest BCUT2D eigenvalue weighted by atomic mass is 32.2. The van der Waals surface area contributed by atoms with Crippen LogP contribution in [-0.4, -0.2) is 64.6 Å². The smallest absolute Gasteiger partial charge is 0.108 e. The molecule has 4 heterocycles. The molecule has 3 nitrogen and oxygen atoms in total. The van der Waals surface area contributed by atoms with Gasteiger partial charge >= 0.3 is 0 Å². The quantitative estimate of drug-likeness (QED) is 0.236. The number of hydrogen-bond donors (Lipinski definition) is 1. The third-order valence-corrected chi connectivity index (χ3v) is 11.7. The van der Waals surface area contributed by atoms with Gasteiger partial charge in [-0.2, -0.15) is 0 Å². The Morgan fingerprint density at radius 3 is 2.18 bits per heavy atom. The summed E-state index contributed by atoms with van der Waals surface area (Å²) >= 11 is 26.8. The molecule has 5 aliphatic rings. The van der Waals surface area contributed by atoms with Crippen molar-refractivity contribution < 1.29 is 5.11 Å². The standard InChI is InChI=1S/C25H32N2OS6/c28-16(4-1-2-11-26-21(29)14-19-17(23(26)31)6-12-33-19)5-3-8-25(9-10-25)27-22(30)15-20-18(24(27)32)7-13-34-20/h14-18,28H,1-13H2. The van der Waals surface area contributed by atoms with Crippen LogP contribution in [0.5, 0.6) is 0 Å². The molecular weight excluding hydrogens is 537 g/mol. The van der Waals surface area contributed by atoms with E-state index in [-0.39, 0.29) is 11.6 Å². The minimum absolute atomic E-state index is 0.119. The summed E-state index contributed by atoms with van der Waals surface area (Å²) in [6.45, 7) is 0.872. The van der Waals surface area contributed by atoms with Gasteiger partial charge in [-0.05, 0) is 97.7 Å². The number of thiocarbonyl (C=S) groups is 4. The van der Waals surface area contributed by atoms with Crippen molar-refractivity contribution in [1.29, 1.82) is 0 Å². The lowest BCUT2D eigenvalue weighted by Gasteiger charge is -2.39. The van der Waals surface area contributed by atoms with Gasteiger partial charge in [-0.15, -0.1) is 23.5 Å². The van der Waals surface area contributed by atoms with Crippen molar-refractivity contribution >= 4 is 92.3 Å². The van der Waals surface area contributed by atoms with Crippen LogP contribution in [-0.2, 0) is 0 Å². The molecule has 1 aliphatic carbocycles. The van der Waals surface area contributed by atoms with E-state index in [1.54, 1.807) is 0 Å². The molecule has 2 saturated heterocycles. The van der Waals surface area contributed by atoms with Gasteiger partial charge in [-0.25, -0.2) is 0 Å². The van der Waals surface area contributed by atoms with Crippen molar-refractivity contribution in [2.24, 2.45) is 11.8 Å². The van der Waals surface area contributed by atoms with Crippen molar-refractivity contribution in [1.82, 2.24) is 9.80 Å². The minimum Gasteiger partial charge on any atom is -0.393 e. The van der Waals surface area contributed by atoms with Gasteiger partial charge < -0.3 is 14.9 Å². The second-order valence-corrected chi connectivity index (χ2v) is 14.1. The fourth-order valence-corrected chi connectivity index (χ4v) is 10.2. The average molecular weight is 569 g/mol. The first kappa shape index (κ1) is 25.7. The fourth-order valence-electron chi connectivity index (χ4n) is 5.68. The van der Waals surface area contributed by atoms with Gasteiger partial charge in [-0.1, -0.05) is 48.9 Å². The number of aliphatic hydroxyl groups excluding tert-OH is 1. The van der Waals surface area contributed by atoms with Gasteiger partial charge in [0.25, 0.3) is 0 Å². The van der Waals surface area contributed by atoms with E-state index in [1.807, 2.05) is 23.5 Å². The molecule has 34 heavy (non-hydrogen) atoms. The Hall–Kier alpha value is 0.1000. The first-order valence-corrected chi connectivity index (χ1v) is 16.1. The molecule has 0 bridgehead atoms. The van der Waals surface area contributed by atoms with Crippen LogP contribution in [0, 0.1) is 11.8 Å². The molecule has 3 fully saturated rings. The summed E-state index contributed by atoms with van der Waals surface area (Å²) in [6.07, 6.45) is 14.5. The highest BCUT2D eigenvalue weighted by molar-refractivity contribution is 8.03. The molecule has 3 atom stereocenters. The lowest BCUT2D eigenvalue weighted by Crippen LogP contribution is -2.49. The average Bonchev–Trinajstić information content (AvgIpc) is 3.18. The zero-order valence-corrected chi connectivity index (χ0v) is 24.3. The summed E-state index contributed by atoms with van der Waals surface area (Å²) in [4.78, 5) is 11.1. The van der Waals surface area contributed by atoms with Gasteiger partial charge in [0.2, 0.25) is 0 Å². The van der Waals surface area contributed by atoms with Crippen LogP contribution in [0.1, 0.15) is 64.2 Å². The van der Waals surface area contributed by atoms with Crippen molar-refractivity contribution in [3.63, 3.8) is 0 Å². The van der Waals surface area contributed by atoms with Crippen molar-refractivity contribution in [2.75, 3.05) is 18.1 Å². The van der Waals surface area contributed by atoms with Gasteiger partial charge in [0.1, 0.15) is 9.98 Å². The number of hydrogen-bond acceptors (Lipinski definition) is 7. The van der Waals surface area contributed by atoms with Crippen molar-refractivity contribution in [3.8, 4) is 0 Å². The van der Waals surface area contributed by atoms with E-state index in [1.165, 1.54) is 9.81 Å². The highest BCUT2D eigenvalue weighted by Gasteiger charge is 2.52. The molecule has 9 heteroatoms. The van der Waals surface area contributed by atoms with E-state index in [0.29, 0.717) is 11.8 Å². The van der Waals surface area contributed by atoms with Crippen LogP contribution in [0.4, 0.5) is 0 Å². The Morgan fingerprint density at radius 2 is 1.50 bits per heavy atom. The van der Waals surface area contributed by atoms with Gasteiger partial charge in [0, 0.05) is 23.9 Å². The highest BCUT2D eigenvalue weighted by Crippen LogP contribution is 2.51. The van der Waals surface area contributed by atoms with Crippen molar-refractivity contribution in [3.05, 3.63) is 22.0 Å². The van der Waals surface area contributed by atoms with Gasteiger partial charge in [-0.3, -0.25) is 0 Å². The Bertz CT molecular complexity index is 955. The lowest BCUT2D eigenvalue weighted by molar-refractivity contribution is 0.144. The molecule has 0 spiro atoms. The molecular formula is C25H32N2OS6. The van der Waals surface area contributed by atoms with Crippen LogP contribution >= 0.6 is 72.4 Å². The molecule has 4 aliphatic heterocycles. The van der Waals surface area contributed by atoms with E-state index < -0.39 is 0 Å². The molecule has 0 aromatic heterocycles. The van der Waals surface area contributed by atoms with Gasteiger partial charge in [0.05, 0.1) is 16.1 Å². The summed E-state index contributed by atoms with van der Waals surface area (Å²) in [6, 6.07) is 0. The molecule has 5 rings (SSSR count). The summed E-state index contributed by atoms with van der Waals surface area (Å²) in [5, 5.41) is 10.6. The second kappa shape index (κ2) is 10.8. The van der Waals surface area contributed by atoms with E-state index in [9.17, 15) is 5.11 Å². The third kappa shape index (κ3) is 5.22. The van der Waals surface area contributed by atoms with Crippen molar-refractivity contribution in [2.45, 2.75) is 75.9 Å². The maximum Gasteiger partial charge on any atom is 0.108 e. The minimum atomic E-state index is -0.244. The van der Waals surface area contributed by atoms with Crippen LogP contribution in [0.25, 0.3) is 0 Å². The number of fused-ring (bicyclic) bond motifs is 2. The predicted octanol–water partition coefficient (Wildman–Crippen LogP) is 6.44. The molecule has 1 saturated carbocycles.